The van der Waals surface area contributed by atoms with Crippen LogP contribution < -0.4 is 14.8 Å². The van der Waals surface area contributed by atoms with Gasteiger partial charge in [-0.25, -0.2) is 4.98 Å². The summed E-state index contributed by atoms with van der Waals surface area (Å²) in [5.41, 5.74) is 1.34. The monoisotopic (exact) mass is 355 g/mol. The van der Waals surface area contributed by atoms with Crippen molar-refractivity contribution in [2.24, 2.45) is 5.92 Å². The van der Waals surface area contributed by atoms with Crippen molar-refractivity contribution < 1.29 is 14.2 Å². The van der Waals surface area contributed by atoms with Gasteiger partial charge in [-0.15, -0.1) is 0 Å². The third-order valence-electron chi connectivity index (χ3n) is 4.43. The number of anilines is 1. The van der Waals surface area contributed by atoms with Crippen molar-refractivity contribution in [1.82, 2.24) is 19.9 Å². The largest absolute Gasteiger partial charge is 0.497 e. The summed E-state index contributed by atoms with van der Waals surface area (Å²) in [5.74, 6) is 2.64. The van der Waals surface area contributed by atoms with E-state index in [1.54, 1.807) is 13.4 Å². The highest BCUT2D eigenvalue weighted by Crippen LogP contribution is 2.26. The molecule has 3 aromatic rings. The fourth-order valence-corrected chi connectivity index (χ4v) is 2.92. The first kappa shape index (κ1) is 16.6. The molecule has 0 amide bonds. The molecule has 0 atom stereocenters. The molecule has 1 fully saturated rings. The Kier molecular flexibility index (Phi) is 4.83. The number of imidazole rings is 1. The smallest absolute Gasteiger partial charge is 0.326 e. The van der Waals surface area contributed by atoms with Gasteiger partial charge in [0.05, 0.1) is 13.4 Å². The van der Waals surface area contributed by atoms with Crippen LogP contribution in [0.4, 0.5) is 5.82 Å². The van der Waals surface area contributed by atoms with Gasteiger partial charge >= 0.3 is 6.01 Å². The maximum atomic E-state index is 5.80. The van der Waals surface area contributed by atoms with Crippen molar-refractivity contribution in [3.05, 3.63) is 30.6 Å². The van der Waals surface area contributed by atoms with Gasteiger partial charge in [-0.2, -0.15) is 9.97 Å². The number of hydrogen-bond acceptors (Lipinski definition) is 7. The Morgan fingerprint density at radius 1 is 1.15 bits per heavy atom. The first-order valence-electron chi connectivity index (χ1n) is 8.66. The van der Waals surface area contributed by atoms with Crippen molar-refractivity contribution in [3.63, 3.8) is 0 Å². The lowest BCUT2D eigenvalue weighted by Crippen LogP contribution is -2.23. The second-order valence-corrected chi connectivity index (χ2v) is 6.17. The van der Waals surface area contributed by atoms with Gasteiger partial charge in [0.2, 0.25) is 0 Å². The molecule has 136 valence electrons. The van der Waals surface area contributed by atoms with Crippen LogP contribution in [-0.2, 0) is 4.74 Å². The highest BCUT2D eigenvalue weighted by Gasteiger charge is 2.16. The SMILES string of the molecule is COc1ccc(Oc2nc(NCC3CCOCC3)c3nc[nH]c3n2)cc1. The lowest BCUT2D eigenvalue weighted by molar-refractivity contribution is 0.0699. The van der Waals surface area contributed by atoms with Crippen LogP contribution in [0.15, 0.2) is 30.6 Å². The molecule has 0 bridgehead atoms. The summed E-state index contributed by atoms with van der Waals surface area (Å²) in [7, 11) is 1.63. The molecule has 1 saturated heterocycles. The Labute approximate surface area is 150 Å². The van der Waals surface area contributed by atoms with Gasteiger partial charge in [0.1, 0.15) is 17.0 Å². The Balaban J connectivity index is 1.53. The second kappa shape index (κ2) is 7.57. The molecule has 0 aliphatic carbocycles. The van der Waals surface area contributed by atoms with E-state index in [0.29, 0.717) is 28.6 Å². The van der Waals surface area contributed by atoms with Crippen molar-refractivity contribution in [2.45, 2.75) is 12.8 Å². The van der Waals surface area contributed by atoms with Gasteiger partial charge < -0.3 is 24.5 Å². The Hall–Kier alpha value is -2.87. The third kappa shape index (κ3) is 3.70. The molecular formula is C18H21N5O3. The molecule has 26 heavy (non-hydrogen) atoms. The van der Waals surface area contributed by atoms with Gasteiger partial charge in [0, 0.05) is 19.8 Å². The van der Waals surface area contributed by atoms with Crippen LogP contribution in [-0.4, -0.2) is 46.8 Å². The first-order valence-corrected chi connectivity index (χ1v) is 8.66. The molecular weight excluding hydrogens is 334 g/mol. The zero-order valence-electron chi connectivity index (χ0n) is 14.6. The third-order valence-corrected chi connectivity index (χ3v) is 4.43. The molecule has 8 heteroatoms. The Morgan fingerprint density at radius 3 is 2.69 bits per heavy atom. The average molecular weight is 355 g/mol. The number of fused-ring (bicyclic) bond motifs is 1. The van der Waals surface area contributed by atoms with Crippen molar-refractivity contribution in [1.29, 1.82) is 0 Å². The zero-order chi connectivity index (χ0) is 17.8. The molecule has 8 nitrogen and oxygen atoms in total. The van der Waals surface area contributed by atoms with Crippen LogP contribution in [0, 0.1) is 5.92 Å². The summed E-state index contributed by atoms with van der Waals surface area (Å²) in [6.45, 7) is 2.46. The zero-order valence-corrected chi connectivity index (χ0v) is 14.6. The normalized spacial score (nSPS) is 15.1. The van der Waals surface area contributed by atoms with Crippen LogP contribution in [0.5, 0.6) is 17.5 Å². The van der Waals surface area contributed by atoms with E-state index in [2.05, 4.69) is 25.3 Å². The van der Waals surface area contributed by atoms with E-state index in [-0.39, 0.29) is 6.01 Å². The predicted octanol–water partition coefficient (Wildman–Crippen LogP) is 2.99. The number of aromatic nitrogens is 4. The summed E-state index contributed by atoms with van der Waals surface area (Å²) >= 11 is 0. The number of rotatable bonds is 6. The molecule has 2 aromatic heterocycles. The molecule has 1 aliphatic rings. The topological polar surface area (TPSA) is 94.2 Å². The highest BCUT2D eigenvalue weighted by atomic mass is 16.5. The number of nitrogens with one attached hydrogen (secondary N) is 2. The standard InChI is InChI=1S/C18H21N5O3/c1-24-13-2-4-14(5-3-13)26-18-22-16(15-17(23-18)21-11-20-15)19-10-12-6-8-25-9-7-12/h2-5,11-12H,6-10H2,1H3,(H2,19,20,21,22,23). The number of aromatic amines is 1. The molecule has 0 spiro atoms. The number of hydrogen-bond donors (Lipinski definition) is 2. The van der Waals surface area contributed by atoms with Crippen molar-refractivity contribution in [2.75, 3.05) is 32.2 Å². The van der Waals surface area contributed by atoms with Gasteiger partial charge in [-0.1, -0.05) is 0 Å². The number of H-pyrrole nitrogens is 1. The molecule has 2 N–H and O–H groups in total. The second-order valence-electron chi connectivity index (χ2n) is 6.17. The molecule has 1 aromatic carbocycles. The summed E-state index contributed by atoms with van der Waals surface area (Å²) in [6, 6.07) is 7.55. The number of ether oxygens (including phenoxy) is 3. The Morgan fingerprint density at radius 2 is 1.92 bits per heavy atom. The number of methoxy groups -OCH3 is 1. The Bertz CT molecular complexity index is 859. The molecule has 0 saturated carbocycles. The quantitative estimate of drug-likeness (QED) is 0.702. The summed E-state index contributed by atoms with van der Waals surface area (Å²) < 4.78 is 16.4. The molecule has 3 heterocycles. The van der Waals surface area contributed by atoms with Gasteiger partial charge in [0.15, 0.2) is 11.5 Å². The van der Waals surface area contributed by atoms with Gasteiger partial charge in [-0.3, -0.25) is 0 Å². The van der Waals surface area contributed by atoms with Crippen LogP contribution >= 0.6 is 0 Å². The van der Waals surface area contributed by atoms with Gasteiger partial charge in [-0.05, 0) is 43.0 Å². The predicted molar refractivity (Wildman–Crippen MR) is 96.8 cm³/mol. The number of nitrogens with zero attached hydrogens (tertiary/aromatic N) is 3. The van der Waals surface area contributed by atoms with Crippen molar-refractivity contribution >= 4 is 17.0 Å². The van der Waals surface area contributed by atoms with Gasteiger partial charge in [0.25, 0.3) is 0 Å². The first-order chi connectivity index (χ1) is 12.8. The maximum Gasteiger partial charge on any atom is 0.326 e. The average Bonchev–Trinajstić information content (AvgIpc) is 3.16. The lowest BCUT2D eigenvalue weighted by atomic mass is 10.0. The minimum absolute atomic E-state index is 0.265. The highest BCUT2D eigenvalue weighted by molar-refractivity contribution is 5.82. The van der Waals surface area contributed by atoms with Crippen LogP contribution in [0.1, 0.15) is 12.8 Å². The van der Waals surface area contributed by atoms with Crippen LogP contribution in [0.25, 0.3) is 11.2 Å². The van der Waals surface area contributed by atoms with Crippen molar-refractivity contribution in [3.8, 4) is 17.5 Å². The minimum Gasteiger partial charge on any atom is -0.497 e. The molecule has 1 aliphatic heterocycles. The van der Waals surface area contributed by atoms with E-state index >= 15 is 0 Å². The maximum absolute atomic E-state index is 5.80. The summed E-state index contributed by atoms with van der Waals surface area (Å²) in [5, 5.41) is 3.40. The van der Waals surface area contributed by atoms with E-state index < -0.39 is 0 Å². The fraction of sp³-hybridized carbons (Fsp3) is 0.389. The summed E-state index contributed by atoms with van der Waals surface area (Å²) in [6.07, 6.45) is 3.71. The fourth-order valence-electron chi connectivity index (χ4n) is 2.92. The molecule has 4 rings (SSSR count). The van der Waals surface area contributed by atoms with Crippen LogP contribution in [0.2, 0.25) is 0 Å². The number of benzene rings is 1. The summed E-state index contributed by atoms with van der Waals surface area (Å²) in [4.78, 5) is 16.2. The molecule has 0 unspecified atom stereocenters. The lowest BCUT2D eigenvalue weighted by Gasteiger charge is -2.22. The van der Waals surface area contributed by atoms with Crippen LogP contribution in [0.3, 0.4) is 0 Å². The van der Waals surface area contributed by atoms with E-state index in [4.69, 9.17) is 14.2 Å². The van der Waals surface area contributed by atoms with E-state index in [9.17, 15) is 0 Å². The van der Waals surface area contributed by atoms with E-state index in [1.807, 2.05) is 24.3 Å². The van der Waals surface area contributed by atoms with E-state index in [1.165, 1.54) is 0 Å². The van der Waals surface area contributed by atoms with E-state index in [0.717, 1.165) is 38.3 Å². The minimum atomic E-state index is 0.265. The molecule has 0 radical (unpaired) electrons.